The van der Waals surface area contributed by atoms with Crippen LogP contribution >= 0.6 is 0 Å². The fraction of sp³-hybridized carbons (Fsp3) is 0.923. The summed E-state index contributed by atoms with van der Waals surface area (Å²) in [5, 5.41) is 3.34. The second kappa shape index (κ2) is 6.89. The Bertz CT molecular complexity index is 218. The van der Waals surface area contributed by atoms with Gasteiger partial charge in [0.15, 0.2) is 0 Å². The summed E-state index contributed by atoms with van der Waals surface area (Å²) in [7, 11) is 0. The fourth-order valence-corrected chi connectivity index (χ4v) is 2.49. The van der Waals surface area contributed by atoms with E-state index in [9.17, 15) is 4.79 Å². The van der Waals surface area contributed by atoms with Crippen LogP contribution in [0.3, 0.4) is 0 Å². The quantitative estimate of drug-likeness (QED) is 0.721. The van der Waals surface area contributed by atoms with Gasteiger partial charge in [0, 0.05) is 12.6 Å². The number of carbonyl (C=O) groups excluding carboxylic acids is 1. The van der Waals surface area contributed by atoms with Gasteiger partial charge < -0.3 is 10.2 Å². The van der Waals surface area contributed by atoms with E-state index < -0.39 is 0 Å². The Kier molecular flexibility index (Phi) is 5.81. The molecular weight excluding hydrogens is 200 g/mol. The zero-order valence-corrected chi connectivity index (χ0v) is 11.0. The number of rotatable bonds is 7. The maximum Gasteiger partial charge on any atom is 0.240 e. The van der Waals surface area contributed by atoms with E-state index >= 15 is 0 Å². The van der Waals surface area contributed by atoms with Gasteiger partial charge in [-0.05, 0) is 32.2 Å². The number of nitrogens with zero attached hydrogens (tertiary/aromatic N) is 1. The monoisotopic (exact) mass is 226 g/mol. The molecule has 0 aromatic rings. The average Bonchev–Trinajstić information content (AvgIpc) is 2.65. The molecule has 0 aromatic heterocycles. The van der Waals surface area contributed by atoms with E-state index in [-0.39, 0.29) is 6.04 Å². The van der Waals surface area contributed by atoms with Gasteiger partial charge in [-0.1, -0.05) is 27.2 Å². The maximum absolute atomic E-state index is 12.1. The molecule has 0 radical (unpaired) electrons. The van der Waals surface area contributed by atoms with Crippen LogP contribution in [-0.4, -0.2) is 36.0 Å². The van der Waals surface area contributed by atoms with Gasteiger partial charge >= 0.3 is 0 Å². The number of likely N-dealkylation sites (tertiary alicyclic amines) is 1. The van der Waals surface area contributed by atoms with Crippen LogP contribution in [0.4, 0.5) is 0 Å². The van der Waals surface area contributed by atoms with Crippen molar-refractivity contribution in [3.63, 3.8) is 0 Å². The molecule has 16 heavy (non-hydrogen) atoms. The lowest BCUT2D eigenvalue weighted by atomic mass is 10.1. The number of hydrogen-bond donors (Lipinski definition) is 1. The lowest BCUT2D eigenvalue weighted by Gasteiger charge is -2.27. The van der Waals surface area contributed by atoms with E-state index in [4.69, 9.17) is 0 Å². The first-order valence-electron chi connectivity index (χ1n) is 6.78. The summed E-state index contributed by atoms with van der Waals surface area (Å²) < 4.78 is 0. The second-order valence-electron chi connectivity index (χ2n) is 4.68. The highest BCUT2D eigenvalue weighted by Gasteiger charge is 2.34. The van der Waals surface area contributed by atoms with Crippen molar-refractivity contribution in [2.45, 2.75) is 65.0 Å². The molecule has 0 bridgehead atoms. The molecule has 1 rings (SSSR count). The predicted octanol–water partition coefficient (Wildman–Crippen LogP) is 2.17. The summed E-state index contributed by atoms with van der Waals surface area (Å²) in [6, 6.07) is 0.553. The number of carbonyl (C=O) groups is 1. The van der Waals surface area contributed by atoms with Gasteiger partial charge in [0.25, 0.3) is 0 Å². The van der Waals surface area contributed by atoms with E-state index in [0.717, 1.165) is 45.2 Å². The third kappa shape index (κ3) is 3.21. The summed E-state index contributed by atoms with van der Waals surface area (Å²) >= 11 is 0. The van der Waals surface area contributed by atoms with Crippen molar-refractivity contribution in [3.8, 4) is 0 Å². The molecule has 1 saturated heterocycles. The minimum atomic E-state index is 0.0888. The van der Waals surface area contributed by atoms with E-state index in [0.29, 0.717) is 11.9 Å². The van der Waals surface area contributed by atoms with Gasteiger partial charge in [0.05, 0.1) is 6.04 Å². The van der Waals surface area contributed by atoms with Crippen molar-refractivity contribution in [2.75, 3.05) is 13.1 Å². The van der Waals surface area contributed by atoms with Gasteiger partial charge in [0.1, 0.15) is 0 Å². The van der Waals surface area contributed by atoms with Crippen molar-refractivity contribution >= 4 is 5.91 Å². The summed E-state index contributed by atoms with van der Waals surface area (Å²) in [4.78, 5) is 14.2. The lowest BCUT2D eigenvalue weighted by molar-refractivity contribution is -0.131. The Hall–Kier alpha value is -0.570. The molecule has 1 aliphatic rings. The Balaban J connectivity index is 2.48. The van der Waals surface area contributed by atoms with E-state index in [1.165, 1.54) is 0 Å². The van der Waals surface area contributed by atoms with Gasteiger partial charge in [-0.3, -0.25) is 4.79 Å². The molecule has 1 heterocycles. The van der Waals surface area contributed by atoms with E-state index in [1.54, 1.807) is 0 Å². The molecule has 3 heteroatoms. The Morgan fingerprint density at radius 2 is 2.12 bits per heavy atom. The number of nitrogens with one attached hydrogen (secondary N) is 1. The summed E-state index contributed by atoms with van der Waals surface area (Å²) in [6.45, 7) is 8.40. The molecule has 1 N–H and O–H groups in total. The smallest absolute Gasteiger partial charge is 0.240 e. The van der Waals surface area contributed by atoms with E-state index in [1.807, 2.05) is 0 Å². The van der Waals surface area contributed by atoms with Crippen LogP contribution < -0.4 is 5.32 Å². The Morgan fingerprint density at radius 3 is 2.69 bits per heavy atom. The van der Waals surface area contributed by atoms with Crippen LogP contribution in [0, 0.1) is 0 Å². The van der Waals surface area contributed by atoms with Crippen LogP contribution in [0.15, 0.2) is 0 Å². The molecule has 2 unspecified atom stereocenters. The fourth-order valence-electron chi connectivity index (χ4n) is 2.49. The van der Waals surface area contributed by atoms with Gasteiger partial charge in [-0.15, -0.1) is 0 Å². The topological polar surface area (TPSA) is 32.3 Å². The van der Waals surface area contributed by atoms with Gasteiger partial charge in [-0.2, -0.15) is 0 Å². The van der Waals surface area contributed by atoms with Crippen molar-refractivity contribution < 1.29 is 4.79 Å². The highest BCUT2D eigenvalue weighted by Crippen LogP contribution is 2.19. The maximum atomic E-state index is 12.1. The van der Waals surface area contributed by atoms with E-state index in [2.05, 4.69) is 31.0 Å². The average molecular weight is 226 g/mol. The first-order valence-corrected chi connectivity index (χ1v) is 6.78. The molecule has 1 fully saturated rings. The highest BCUT2D eigenvalue weighted by atomic mass is 16.2. The van der Waals surface area contributed by atoms with Crippen LogP contribution in [-0.2, 0) is 4.79 Å². The molecule has 1 aliphatic heterocycles. The molecule has 0 aromatic carbocycles. The third-order valence-electron chi connectivity index (χ3n) is 3.41. The molecule has 2 atom stereocenters. The molecule has 94 valence electrons. The molecule has 0 aliphatic carbocycles. The van der Waals surface area contributed by atoms with Crippen molar-refractivity contribution in [3.05, 3.63) is 0 Å². The summed E-state index contributed by atoms with van der Waals surface area (Å²) in [5.41, 5.74) is 0. The Morgan fingerprint density at radius 1 is 1.38 bits per heavy atom. The zero-order chi connectivity index (χ0) is 12.0. The Labute approximate surface area is 99.6 Å². The minimum Gasteiger partial charge on any atom is -0.338 e. The predicted molar refractivity (Wildman–Crippen MR) is 67.4 cm³/mol. The van der Waals surface area contributed by atoms with Crippen LogP contribution in [0.25, 0.3) is 0 Å². The highest BCUT2D eigenvalue weighted by molar-refractivity contribution is 5.84. The summed E-state index contributed by atoms with van der Waals surface area (Å²) in [6.07, 6.45) is 5.47. The van der Waals surface area contributed by atoms with Crippen molar-refractivity contribution in [1.29, 1.82) is 0 Å². The SMILES string of the molecule is CCCNC1CCN(C(CC)CCC)C1=O. The first kappa shape index (κ1) is 13.5. The number of amides is 1. The van der Waals surface area contributed by atoms with Crippen LogP contribution in [0.5, 0.6) is 0 Å². The second-order valence-corrected chi connectivity index (χ2v) is 4.68. The third-order valence-corrected chi connectivity index (χ3v) is 3.41. The van der Waals surface area contributed by atoms with Crippen LogP contribution in [0.1, 0.15) is 52.9 Å². The van der Waals surface area contributed by atoms with Gasteiger partial charge in [-0.25, -0.2) is 0 Å². The van der Waals surface area contributed by atoms with Crippen molar-refractivity contribution in [1.82, 2.24) is 10.2 Å². The van der Waals surface area contributed by atoms with Crippen molar-refractivity contribution in [2.24, 2.45) is 0 Å². The standard InChI is InChI=1S/C13H26N2O/c1-4-7-11(6-3)15-10-8-12(13(15)16)14-9-5-2/h11-12,14H,4-10H2,1-3H3. The molecular formula is C13H26N2O. The number of hydrogen-bond acceptors (Lipinski definition) is 2. The first-order chi connectivity index (χ1) is 7.74. The molecule has 0 saturated carbocycles. The molecule has 0 spiro atoms. The lowest BCUT2D eigenvalue weighted by Crippen LogP contribution is -2.42. The normalized spacial score (nSPS) is 22.8. The molecule has 1 amide bonds. The van der Waals surface area contributed by atoms with Gasteiger partial charge in [0.2, 0.25) is 5.91 Å². The molecule has 3 nitrogen and oxygen atoms in total. The minimum absolute atomic E-state index is 0.0888. The largest absolute Gasteiger partial charge is 0.338 e. The zero-order valence-electron chi connectivity index (χ0n) is 11.0. The summed E-state index contributed by atoms with van der Waals surface area (Å²) in [5.74, 6) is 0.328. The van der Waals surface area contributed by atoms with Crippen LogP contribution in [0.2, 0.25) is 0 Å².